The van der Waals surface area contributed by atoms with E-state index in [0.717, 1.165) is 30.3 Å². The van der Waals surface area contributed by atoms with Crippen LogP contribution in [0.2, 0.25) is 0 Å². The zero-order valence-electron chi connectivity index (χ0n) is 17.2. The zero-order chi connectivity index (χ0) is 23.3. The fourth-order valence-electron chi connectivity index (χ4n) is 3.00. The predicted molar refractivity (Wildman–Crippen MR) is 116 cm³/mol. The molecule has 0 aromatic heterocycles. The quantitative estimate of drug-likeness (QED) is 0.562. The molecule has 2 amide bonds. The number of nitrogens with one attached hydrogen (secondary N) is 1. The Morgan fingerprint density at radius 3 is 2.59 bits per heavy atom. The molecule has 1 heterocycles. The maximum atomic E-state index is 13.1. The second-order valence-corrected chi connectivity index (χ2v) is 8.32. The van der Waals surface area contributed by atoms with Crippen molar-refractivity contribution in [2.24, 2.45) is 4.99 Å². The van der Waals surface area contributed by atoms with Crippen LogP contribution in [0.15, 0.2) is 53.5 Å². The van der Waals surface area contributed by atoms with Crippen molar-refractivity contribution in [3.63, 3.8) is 0 Å². The van der Waals surface area contributed by atoms with Crippen LogP contribution in [0.4, 0.5) is 28.9 Å². The van der Waals surface area contributed by atoms with E-state index in [9.17, 15) is 27.2 Å². The van der Waals surface area contributed by atoms with Crippen molar-refractivity contribution in [2.45, 2.75) is 37.6 Å². The lowest BCUT2D eigenvalue weighted by molar-refractivity contribution is -0.137. The largest absolute Gasteiger partial charge is 0.416 e. The number of alkyl halides is 3. The number of benzene rings is 2. The molecule has 1 saturated heterocycles. The molecule has 0 aliphatic carbocycles. The zero-order valence-corrected chi connectivity index (χ0v) is 18.0. The lowest BCUT2D eigenvalue weighted by Gasteiger charge is -2.31. The van der Waals surface area contributed by atoms with Gasteiger partial charge in [0, 0.05) is 18.7 Å². The molecule has 0 radical (unpaired) electrons. The fraction of sp³-hybridized carbons (Fsp3) is 0.318. The number of amidine groups is 1. The van der Waals surface area contributed by atoms with E-state index in [1.165, 1.54) is 41.3 Å². The van der Waals surface area contributed by atoms with Gasteiger partial charge in [-0.05, 0) is 48.9 Å². The Morgan fingerprint density at radius 1 is 1.22 bits per heavy atom. The van der Waals surface area contributed by atoms with Crippen LogP contribution in [0.25, 0.3) is 0 Å². The Labute approximate surface area is 186 Å². The van der Waals surface area contributed by atoms with E-state index < -0.39 is 28.7 Å². The van der Waals surface area contributed by atoms with Crippen molar-refractivity contribution in [1.82, 2.24) is 4.90 Å². The molecular formula is C22H21F4N3O2S. The highest BCUT2D eigenvalue weighted by atomic mass is 32.2. The molecule has 32 heavy (non-hydrogen) atoms. The van der Waals surface area contributed by atoms with Crippen LogP contribution in [0.5, 0.6) is 0 Å². The molecule has 1 aliphatic heterocycles. The van der Waals surface area contributed by atoms with Gasteiger partial charge in [0.2, 0.25) is 11.8 Å². The van der Waals surface area contributed by atoms with Gasteiger partial charge in [-0.1, -0.05) is 31.2 Å². The second kappa shape index (κ2) is 10.2. The van der Waals surface area contributed by atoms with E-state index in [0.29, 0.717) is 18.7 Å². The van der Waals surface area contributed by atoms with Gasteiger partial charge < -0.3 is 5.32 Å². The Bertz CT molecular complexity index is 1010. The molecule has 3 rings (SSSR count). The van der Waals surface area contributed by atoms with Gasteiger partial charge in [0.15, 0.2) is 5.17 Å². The molecule has 0 spiro atoms. The summed E-state index contributed by atoms with van der Waals surface area (Å²) in [7, 11) is 0. The minimum absolute atomic E-state index is 0.0382. The smallest absolute Gasteiger partial charge is 0.325 e. The SMILES string of the molecule is CCCCN1C(=O)C[C@H](C(=O)Nc2ccc(F)cc2)SC1=Nc1cccc(C(F)(F)F)c1. The number of amides is 2. The Hall–Kier alpha value is -2.88. The van der Waals surface area contributed by atoms with E-state index in [1.54, 1.807) is 0 Å². The number of nitrogens with zero attached hydrogens (tertiary/aromatic N) is 2. The average Bonchev–Trinajstić information content (AvgIpc) is 2.74. The summed E-state index contributed by atoms with van der Waals surface area (Å²) in [6.07, 6.45) is -3.12. The van der Waals surface area contributed by atoms with Gasteiger partial charge in [-0.25, -0.2) is 9.38 Å². The van der Waals surface area contributed by atoms with Crippen LogP contribution >= 0.6 is 11.8 Å². The first-order valence-electron chi connectivity index (χ1n) is 9.96. The van der Waals surface area contributed by atoms with Crippen molar-refractivity contribution >= 4 is 40.1 Å². The Balaban J connectivity index is 1.86. The monoisotopic (exact) mass is 467 g/mol. The lowest BCUT2D eigenvalue weighted by Crippen LogP contribution is -2.45. The molecule has 10 heteroatoms. The predicted octanol–water partition coefficient (Wildman–Crippen LogP) is 5.60. The average molecular weight is 467 g/mol. The number of carbonyl (C=O) groups is 2. The van der Waals surface area contributed by atoms with E-state index in [1.807, 2.05) is 6.92 Å². The van der Waals surface area contributed by atoms with Gasteiger partial charge >= 0.3 is 6.18 Å². The molecule has 2 aromatic carbocycles. The fourth-order valence-corrected chi connectivity index (χ4v) is 4.12. The van der Waals surface area contributed by atoms with Crippen molar-refractivity contribution in [1.29, 1.82) is 0 Å². The Kier molecular flexibility index (Phi) is 7.55. The number of unbranched alkanes of at least 4 members (excludes halogenated alkanes) is 1. The molecule has 0 saturated carbocycles. The number of aliphatic imine (C=N–C) groups is 1. The summed E-state index contributed by atoms with van der Waals surface area (Å²) in [5.74, 6) is -1.25. The van der Waals surface area contributed by atoms with Crippen molar-refractivity contribution in [3.8, 4) is 0 Å². The number of anilines is 1. The number of hydrogen-bond acceptors (Lipinski definition) is 4. The topological polar surface area (TPSA) is 61.8 Å². The van der Waals surface area contributed by atoms with E-state index in [-0.39, 0.29) is 23.2 Å². The van der Waals surface area contributed by atoms with Gasteiger partial charge in [0.1, 0.15) is 11.1 Å². The van der Waals surface area contributed by atoms with Crippen LogP contribution in [-0.4, -0.2) is 33.7 Å². The Morgan fingerprint density at radius 2 is 1.94 bits per heavy atom. The maximum absolute atomic E-state index is 13.1. The third kappa shape index (κ3) is 6.09. The molecule has 2 aromatic rings. The van der Waals surface area contributed by atoms with Gasteiger partial charge in [0.25, 0.3) is 0 Å². The normalized spacial score (nSPS) is 18.2. The first-order chi connectivity index (χ1) is 15.2. The number of hydrogen-bond donors (Lipinski definition) is 1. The molecule has 1 aliphatic rings. The van der Waals surface area contributed by atoms with Crippen molar-refractivity contribution in [3.05, 3.63) is 59.9 Å². The summed E-state index contributed by atoms with van der Waals surface area (Å²) in [5, 5.41) is 1.98. The van der Waals surface area contributed by atoms with Gasteiger partial charge in [-0.3, -0.25) is 14.5 Å². The van der Waals surface area contributed by atoms with Crippen molar-refractivity contribution in [2.75, 3.05) is 11.9 Å². The summed E-state index contributed by atoms with van der Waals surface area (Å²) in [4.78, 5) is 31.2. The van der Waals surface area contributed by atoms with E-state index >= 15 is 0 Å². The summed E-state index contributed by atoms with van der Waals surface area (Å²) in [6.45, 7) is 2.30. The first-order valence-corrected chi connectivity index (χ1v) is 10.8. The highest BCUT2D eigenvalue weighted by Gasteiger charge is 2.36. The summed E-state index contributed by atoms with van der Waals surface area (Å²) in [6, 6.07) is 9.68. The number of rotatable bonds is 6. The summed E-state index contributed by atoms with van der Waals surface area (Å²) < 4.78 is 52.3. The second-order valence-electron chi connectivity index (χ2n) is 7.15. The lowest BCUT2D eigenvalue weighted by atomic mass is 10.2. The third-order valence-corrected chi connectivity index (χ3v) is 5.87. The third-order valence-electron chi connectivity index (χ3n) is 4.68. The molecule has 1 atom stereocenters. The van der Waals surface area contributed by atoms with Crippen LogP contribution in [-0.2, 0) is 15.8 Å². The number of thioether (sulfide) groups is 1. The highest BCUT2D eigenvalue weighted by molar-refractivity contribution is 8.15. The van der Waals surface area contributed by atoms with Crippen LogP contribution in [0, 0.1) is 5.82 Å². The number of halogens is 4. The highest BCUT2D eigenvalue weighted by Crippen LogP contribution is 2.34. The summed E-state index contributed by atoms with van der Waals surface area (Å²) >= 11 is 1.02. The molecule has 0 bridgehead atoms. The molecule has 1 N–H and O–H groups in total. The van der Waals surface area contributed by atoms with Crippen LogP contribution < -0.4 is 5.32 Å². The number of carbonyl (C=O) groups excluding carboxylic acids is 2. The van der Waals surface area contributed by atoms with Gasteiger partial charge in [-0.2, -0.15) is 13.2 Å². The van der Waals surface area contributed by atoms with Gasteiger partial charge in [-0.15, -0.1) is 0 Å². The minimum atomic E-state index is -4.52. The minimum Gasteiger partial charge on any atom is -0.325 e. The first kappa shape index (κ1) is 23.8. The molecule has 1 fully saturated rings. The molecule has 0 unspecified atom stereocenters. The summed E-state index contributed by atoms with van der Waals surface area (Å²) in [5.41, 5.74) is -0.442. The maximum Gasteiger partial charge on any atom is 0.416 e. The molecular weight excluding hydrogens is 446 g/mol. The van der Waals surface area contributed by atoms with E-state index in [2.05, 4.69) is 10.3 Å². The van der Waals surface area contributed by atoms with E-state index in [4.69, 9.17) is 0 Å². The molecule has 170 valence electrons. The van der Waals surface area contributed by atoms with Crippen molar-refractivity contribution < 1.29 is 27.2 Å². The van der Waals surface area contributed by atoms with Crippen LogP contribution in [0.3, 0.4) is 0 Å². The molecule has 5 nitrogen and oxygen atoms in total. The standard InChI is InChI=1S/C22H21F4N3O2S/c1-2-3-11-29-19(30)13-18(20(31)27-16-9-7-15(23)8-10-16)32-21(29)28-17-6-4-5-14(12-17)22(24,25)26/h4-10,12,18H,2-3,11,13H2,1H3,(H,27,31)/t18-/m1/s1. The van der Waals surface area contributed by atoms with Crippen LogP contribution in [0.1, 0.15) is 31.7 Å². The van der Waals surface area contributed by atoms with Gasteiger partial charge in [0.05, 0.1) is 11.3 Å².